The summed E-state index contributed by atoms with van der Waals surface area (Å²) < 4.78 is 16.4. The average Bonchev–Trinajstić information content (AvgIpc) is 2.83. The summed E-state index contributed by atoms with van der Waals surface area (Å²) in [6.45, 7) is 7.69. The molecule has 0 radical (unpaired) electrons. The lowest BCUT2D eigenvalue weighted by molar-refractivity contribution is 0.172. The fourth-order valence-electron chi connectivity index (χ4n) is 4.13. The molecule has 7 nitrogen and oxygen atoms in total. The molecule has 2 aromatic carbocycles. The standard InChI is InChI=1S/C25H36N4O3/c1-19-8-6-7-9-21(19)10-11-27-25(26-2)29-14-12-28(13-15-29)18-20-16-22(30-3)24(32-5)23(17-20)31-4/h6-9,16-17H,10-15,18H2,1-5H3,(H,26,27). The molecule has 0 saturated carbocycles. The zero-order valence-corrected chi connectivity index (χ0v) is 20.0. The second kappa shape index (κ2) is 11.6. The van der Waals surface area contributed by atoms with E-state index in [2.05, 4.69) is 51.3 Å². The van der Waals surface area contributed by atoms with Gasteiger partial charge in [0.2, 0.25) is 5.75 Å². The van der Waals surface area contributed by atoms with E-state index in [1.807, 2.05) is 19.2 Å². The van der Waals surface area contributed by atoms with E-state index in [0.717, 1.165) is 57.2 Å². The molecule has 1 fully saturated rings. The van der Waals surface area contributed by atoms with Crippen molar-refractivity contribution in [1.29, 1.82) is 0 Å². The first-order chi connectivity index (χ1) is 15.6. The minimum absolute atomic E-state index is 0.629. The molecule has 2 aromatic rings. The minimum atomic E-state index is 0.629. The Bertz CT molecular complexity index is 883. The van der Waals surface area contributed by atoms with Crippen LogP contribution >= 0.6 is 0 Å². The Hall–Kier alpha value is -2.93. The summed E-state index contributed by atoms with van der Waals surface area (Å²) in [7, 11) is 6.79. The first-order valence-electron chi connectivity index (χ1n) is 11.1. The van der Waals surface area contributed by atoms with Crippen molar-refractivity contribution >= 4 is 5.96 Å². The van der Waals surface area contributed by atoms with Crippen LogP contribution in [0, 0.1) is 6.92 Å². The van der Waals surface area contributed by atoms with Gasteiger partial charge in [0.05, 0.1) is 21.3 Å². The molecular weight excluding hydrogens is 404 g/mol. The Kier molecular flexibility index (Phi) is 8.62. The normalized spacial score (nSPS) is 14.9. The topological polar surface area (TPSA) is 58.6 Å². The SMILES string of the molecule is CN=C(NCCc1ccccc1C)N1CCN(Cc2cc(OC)c(OC)c(OC)c2)CC1. The van der Waals surface area contributed by atoms with Gasteiger partial charge in [-0.15, -0.1) is 0 Å². The molecule has 7 heteroatoms. The number of aliphatic imine (C=N–C) groups is 1. The van der Waals surface area contributed by atoms with E-state index in [4.69, 9.17) is 14.2 Å². The minimum Gasteiger partial charge on any atom is -0.493 e. The van der Waals surface area contributed by atoms with Crippen molar-refractivity contribution < 1.29 is 14.2 Å². The molecule has 1 aliphatic rings. The number of rotatable bonds is 8. The van der Waals surface area contributed by atoms with Crippen molar-refractivity contribution in [3.8, 4) is 17.2 Å². The van der Waals surface area contributed by atoms with Gasteiger partial charge in [0.1, 0.15) is 0 Å². The molecule has 0 spiro atoms. The summed E-state index contributed by atoms with van der Waals surface area (Å²) in [5, 5.41) is 3.53. The molecule has 1 aliphatic heterocycles. The first kappa shape index (κ1) is 23.7. The van der Waals surface area contributed by atoms with Gasteiger partial charge < -0.3 is 24.4 Å². The van der Waals surface area contributed by atoms with E-state index < -0.39 is 0 Å². The van der Waals surface area contributed by atoms with E-state index in [-0.39, 0.29) is 0 Å². The van der Waals surface area contributed by atoms with E-state index in [1.165, 1.54) is 11.1 Å². The zero-order valence-electron chi connectivity index (χ0n) is 20.0. The molecule has 0 bridgehead atoms. The highest BCUT2D eigenvalue weighted by molar-refractivity contribution is 5.80. The van der Waals surface area contributed by atoms with Crippen molar-refractivity contribution in [1.82, 2.24) is 15.1 Å². The number of nitrogens with zero attached hydrogens (tertiary/aromatic N) is 3. The number of hydrogen-bond donors (Lipinski definition) is 1. The lowest BCUT2D eigenvalue weighted by Crippen LogP contribution is -2.52. The lowest BCUT2D eigenvalue weighted by Gasteiger charge is -2.36. The van der Waals surface area contributed by atoms with Crippen LogP contribution in [-0.2, 0) is 13.0 Å². The fraction of sp³-hybridized carbons (Fsp3) is 0.480. The molecule has 1 saturated heterocycles. The Morgan fingerprint density at radius 3 is 2.19 bits per heavy atom. The van der Waals surface area contributed by atoms with Crippen LogP contribution < -0.4 is 19.5 Å². The first-order valence-corrected chi connectivity index (χ1v) is 11.1. The molecule has 32 heavy (non-hydrogen) atoms. The Balaban J connectivity index is 1.52. The Labute approximate surface area is 192 Å². The van der Waals surface area contributed by atoms with Gasteiger partial charge in [0.15, 0.2) is 17.5 Å². The van der Waals surface area contributed by atoms with Gasteiger partial charge in [-0.2, -0.15) is 0 Å². The average molecular weight is 441 g/mol. The van der Waals surface area contributed by atoms with Crippen LogP contribution in [0.2, 0.25) is 0 Å². The van der Waals surface area contributed by atoms with E-state index in [9.17, 15) is 0 Å². The molecule has 1 heterocycles. The molecular formula is C25H36N4O3. The highest BCUT2D eigenvalue weighted by Crippen LogP contribution is 2.38. The number of aryl methyl sites for hydroxylation is 1. The number of benzene rings is 2. The van der Waals surface area contributed by atoms with Crippen molar-refractivity contribution in [3.05, 3.63) is 53.1 Å². The number of nitrogens with one attached hydrogen (secondary N) is 1. The van der Waals surface area contributed by atoms with Crippen LogP contribution in [0.1, 0.15) is 16.7 Å². The lowest BCUT2D eigenvalue weighted by atomic mass is 10.1. The predicted octanol–water partition coefficient (Wildman–Crippen LogP) is 2.96. The quantitative estimate of drug-likeness (QED) is 0.503. The summed E-state index contributed by atoms with van der Waals surface area (Å²) in [5.74, 6) is 2.99. The molecule has 174 valence electrons. The Morgan fingerprint density at radius 2 is 1.62 bits per heavy atom. The fourth-order valence-corrected chi connectivity index (χ4v) is 4.13. The van der Waals surface area contributed by atoms with Gasteiger partial charge in [0.25, 0.3) is 0 Å². The van der Waals surface area contributed by atoms with Crippen LogP contribution in [0.4, 0.5) is 0 Å². The summed E-state index contributed by atoms with van der Waals surface area (Å²) in [5.41, 5.74) is 3.86. The molecule has 3 rings (SSSR count). The molecule has 0 aliphatic carbocycles. The third-order valence-corrected chi connectivity index (χ3v) is 5.95. The maximum absolute atomic E-state index is 5.49. The predicted molar refractivity (Wildman–Crippen MR) is 129 cm³/mol. The third kappa shape index (κ3) is 5.85. The Morgan fingerprint density at radius 1 is 0.969 bits per heavy atom. The van der Waals surface area contributed by atoms with Crippen LogP contribution in [0.25, 0.3) is 0 Å². The molecule has 1 N–H and O–H groups in total. The number of guanidine groups is 1. The van der Waals surface area contributed by atoms with Gasteiger partial charge in [-0.3, -0.25) is 9.89 Å². The number of ether oxygens (including phenoxy) is 3. The van der Waals surface area contributed by atoms with E-state index in [1.54, 1.807) is 21.3 Å². The summed E-state index contributed by atoms with van der Waals surface area (Å²) >= 11 is 0. The summed E-state index contributed by atoms with van der Waals surface area (Å²) in [6.07, 6.45) is 0.993. The monoisotopic (exact) mass is 440 g/mol. The number of methoxy groups -OCH3 is 3. The van der Waals surface area contributed by atoms with Crippen LogP contribution in [-0.4, -0.2) is 76.9 Å². The highest BCUT2D eigenvalue weighted by atomic mass is 16.5. The van der Waals surface area contributed by atoms with E-state index >= 15 is 0 Å². The number of hydrogen-bond acceptors (Lipinski definition) is 5. The van der Waals surface area contributed by atoms with Crippen molar-refractivity contribution in [2.75, 3.05) is 61.1 Å². The van der Waals surface area contributed by atoms with Crippen molar-refractivity contribution in [3.63, 3.8) is 0 Å². The van der Waals surface area contributed by atoms with Gasteiger partial charge in [-0.1, -0.05) is 24.3 Å². The van der Waals surface area contributed by atoms with Crippen LogP contribution in [0.15, 0.2) is 41.4 Å². The second-order valence-corrected chi connectivity index (χ2v) is 7.95. The maximum Gasteiger partial charge on any atom is 0.203 e. The molecule has 0 aromatic heterocycles. The third-order valence-electron chi connectivity index (χ3n) is 5.95. The smallest absolute Gasteiger partial charge is 0.203 e. The summed E-state index contributed by atoms with van der Waals surface area (Å²) in [4.78, 5) is 9.28. The van der Waals surface area contributed by atoms with Gasteiger partial charge in [-0.05, 0) is 42.2 Å². The van der Waals surface area contributed by atoms with Gasteiger partial charge in [-0.25, -0.2) is 0 Å². The molecule has 0 amide bonds. The van der Waals surface area contributed by atoms with Crippen molar-refractivity contribution in [2.24, 2.45) is 4.99 Å². The van der Waals surface area contributed by atoms with E-state index in [0.29, 0.717) is 17.2 Å². The van der Waals surface area contributed by atoms with Crippen LogP contribution in [0.3, 0.4) is 0 Å². The molecule has 0 atom stereocenters. The largest absolute Gasteiger partial charge is 0.493 e. The highest BCUT2D eigenvalue weighted by Gasteiger charge is 2.21. The maximum atomic E-state index is 5.49. The van der Waals surface area contributed by atoms with Crippen molar-refractivity contribution in [2.45, 2.75) is 19.9 Å². The second-order valence-electron chi connectivity index (χ2n) is 7.95. The molecule has 0 unspecified atom stereocenters. The van der Waals surface area contributed by atoms with Crippen LogP contribution in [0.5, 0.6) is 17.2 Å². The summed E-state index contributed by atoms with van der Waals surface area (Å²) in [6, 6.07) is 12.6. The van der Waals surface area contributed by atoms with Gasteiger partial charge >= 0.3 is 0 Å². The zero-order chi connectivity index (χ0) is 22.9. The van der Waals surface area contributed by atoms with Gasteiger partial charge in [0, 0.05) is 46.3 Å². The number of piperazine rings is 1.